The van der Waals surface area contributed by atoms with E-state index in [-0.39, 0.29) is 43.0 Å². The first-order valence-corrected chi connectivity index (χ1v) is 8.36. The van der Waals surface area contributed by atoms with Crippen molar-refractivity contribution in [2.75, 3.05) is 37.1 Å². The Morgan fingerprint density at radius 3 is 0.958 bits per heavy atom. The van der Waals surface area contributed by atoms with Crippen LogP contribution in [0.15, 0.2) is 0 Å². The molecular formula is C12H26O9S3. The van der Waals surface area contributed by atoms with Crippen molar-refractivity contribution >= 4 is 55.8 Å². The molecule has 0 aliphatic carbocycles. The molecule has 0 radical (unpaired) electrons. The highest BCUT2D eigenvalue weighted by Crippen LogP contribution is 2.04. The summed E-state index contributed by atoms with van der Waals surface area (Å²) in [4.78, 5) is 27.9. The first-order valence-electron chi connectivity index (χ1n) is 6.47. The zero-order valence-electron chi connectivity index (χ0n) is 13.0. The van der Waals surface area contributed by atoms with E-state index in [0.717, 1.165) is 0 Å². The Bertz CT molecular complexity index is 264. The number of carbonyl (C=O) groups is 3. The number of hydrogen-bond acceptors (Lipinski definition) is 9. The number of aliphatic hydroxyl groups excluding tert-OH is 3. The molecule has 24 heavy (non-hydrogen) atoms. The van der Waals surface area contributed by atoms with E-state index in [1.54, 1.807) is 0 Å². The molecule has 146 valence electrons. The van der Waals surface area contributed by atoms with Gasteiger partial charge in [0, 0.05) is 19.8 Å². The van der Waals surface area contributed by atoms with Gasteiger partial charge in [-0.3, -0.25) is 14.4 Å². The summed E-state index contributed by atoms with van der Waals surface area (Å²) in [6.45, 7) is 0.234. The van der Waals surface area contributed by atoms with E-state index in [1.807, 2.05) is 0 Å². The largest absolute Gasteiger partial charge is 0.481 e. The van der Waals surface area contributed by atoms with Crippen LogP contribution in [0.2, 0.25) is 0 Å². The molecule has 0 aliphatic rings. The lowest BCUT2D eigenvalue weighted by atomic mass is 10.0. The van der Waals surface area contributed by atoms with Gasteiger partial charge in [0.1, 0.15) is 0 Å². The van der Waals surface area contributed by atoms with Crippen molar-refractivity contribution in [2.45, 2.75) is 12.8 Å². The van der Waals surface area contributed by atoms with Crippen LogP contribution < -0.4 is 0 Å². The van der Waals surface area contributed by atoms with Crippen LogP contribution in [-0.2, 0) is 14.4 Å². The number of rotatable bonds is 8. The van der Waals surface area contributed by atoms with E-state index < -0.39 is 17.9 Å². The summed E-state index contributed by atoms with van der Waals surface area (Å²) < 4.78 is 0. The predicted molar refractivity (Wildman–Crippen MR) is 98.4 cm³/mol. The fourth-order valence-electron chi connectivity index (χ4n) is 0.692. The third kappa shape index (κ3) is 49.6. The average molecular weight is 411 g/mol. The van der Waals surface area contributed by atoms with Crippen LogP contribution in [0.25, 0.3) is 0 Å². The molecule has 0 aromatic carbocycles. The van der Waals surface area contributed by atoms with E-state index in [4.69, 9.17) is 30.6 Å². The molecule has 0 amide bonds. The van der Waals surface area contributed by atoms with Crippen LogP contribution in [0.1, 0.15) is 12.8 Å². The number of carboxylic acids is 3. The molecule has 12 heteroatoms. The summed E-state index contributed by atoms with van der Waals surface area (Å²) >= 11 is 10.2. The van der Waals surface area contributed by atoms with E-state index in [2.05, 4.69) is 37.9 Å². The van der Waals surface area contributed by atoms with Crippen LogP contribution in [-0.4, -0.2) is 85.6 Å². The van der Waals surface area contributed by atoms with Gasteiger partial charge in [0.2, 0.25) is 0 Å². The summed E-state index contributed by atoms with van der Waals surface area (Å²) in [6.07, 6.45) is 1.16. The first kappa shape index (κ1) is 31.1. The molecule has 0 rings (SSSR count). The van der Waals surface area contributed by atoms with Crippen LogP contribution in [0.5, 0.6) is 0 Å². The minimum absolute atomic E-state index is 0.0567. The van der Waals surface area contributed by atoms with Crippen LogP contribution in [0.4, 0.5) is 0 Å². The molecule has 0 unspecified atom stereocenters. The maximum absolute atomic E-state index is 9.29. The van der Waals surface area contributed by atoms with Gasteiger partial charge in [-0.05, 0) is 18.8 Å². The molecule has 0 saturated carbocycles. The Balaban J connectivity index is -0.000000116. The maximum atomic E-state index is 9.29. The lowest BCUT2D eigenvalue weighted by Crippen LogP contribution is -2.09. The average Bonchev–Trinajstić information content (AvgIpc) is 2.56. The highest BCUT2D eigenvalue weighted by molar-refractivity contribution is 7.81. The molecule has 0 aromatic heterocycles. The Kier molecular flexibility index (Phi) is 35.3. The predicted octanol–water partition coefficient (Wildman–Crippen LogP) is -0.638. The van der Waals surface area contributed by atoms with Crippen molar-refractivity contribution in [1.82, 2.24) is 0 Å². The van der Waals surface area contributed by atoms with Gasteiger partial charge in [-0.1, -0.05) is 0 Å². The topological polar surface area (TPSA) is 173 Å². The lowest BCUT2D eigenvalue weighted by molar-refractivity contribution is -0.134. The molecule has 0 spiro atoms. The SMILES string of the molecule is O=C(O)CS.O=C(O)CS.O=C(O)CS.OCCC(CO)CCO. The van der Waals surface area contributed by atoms with Crippen molar-refractivity contribution in [3.63, 3.8) is 0 Å². The van der Waals surface area contributed by atoms with Gasteiger partial charge in [0.25, 0.3) is 0 Å². The summed E-state index contributed by atoms with van der Waals surface area (Å²) in [6, 6.07) is 0. The lowest BCUT2D eigenvalue weighted by Gasteiger charge is -2.08. The second kappa shape index (κ2) is 27.2. The van der Waals surface area contributed by atoms with E-state index in [0.29, 0.717) is 12.8 Å². The Hall–Kier alpha value is -0.660. The first-order chi connectivity index (χ1) is 11.2. The van der Waals surface area contributed by atoms with Gasteiger partial charge in [0.05, 0.1) is 17.3 Å². The monoisotopic (exact) mass is 410 g/mol. The summed E-state index contributed by atoms with van der Waals surface area (Å²) in [7, 11) is 0. The molecule has 0 aliphatic heterocycles. The van der Waals surface area contributed by atoms with Gasteiger partial charge in [-0.2, -0.15) is 37.9 Å². The summed E-state index contributed by atoms with van der Waals surface area (Å²) in [5, 5.41) is 48.3. The molecule has 6 N–H and O–H groups in total. The van der Waals surface area contributed by atoms with E-state index in [9.17, 15) is 14.4 Å². The maximum Gasteiger partial charge on any atom is 0.313 e. The Morgan fingerprint density at radius 2 is 0.875 bits per heavy atom. The molecule has 0 aromatic rings. The zero-order chi connectivity index (χ0) is 20.0. The van der Waals surface area contributed by atoms with Gasteiger partial charge >= 0.3 is 17.9 Å². The van der Waals surface area contributed by atoms with Gasteiger partial charge in [0.15, 0.2) is 0 Å². The number of aliphatic carboxylic acids is 3. The second-order valence-electron chi connectivity index (χ2n) is 3.73. The number of carboxylic acid groups (broad SMARTS) is 3. The number of thiol groups is 3. The summed E-state index contributed by atoms with van der Waals surface area (Å²) in [5.74, 6) is -2.82. The molecule has 0 saturated heterocycles. The highest BCUT2D eigenvalue weighted by Gasteiger charge is 2.03. The minimum Gasteiger partial charge on any atom is -0.481 e. The minimum atomic E-state index is -0.881. The molecule has 0 bridgehead atoms. The van der Waals surface area contributed by atoms with Gasteiger partial charge in [-0.25, -0.2) is 0 Å². The molecule has 0 heterocycles. The van der Waals surface area contributed by atoms with Crippen LogP contribution >= 0.6 is 37.9 Å². The van der Waals surface area contributed by atoms with Crippen molar-refractivity contribution in [2.24, 2.45) is 5.92 Å². The molecule has 0 atom stereocenters. The number of aliphatic hydroxyl groups is 3. The molecular weight excluding hydrogens is 384 g/mol. The van der Waals surface area contributed by atoms with Crippen molar-refractivity contribution < 1.29 is 45.0 Å². The standard InChI is InChI=1S/C6H14O3.3C2H4O2S/c7-3-1-6(5-9)2-4-8;3*3-2(4)1-5/h6-9H,1-5H2;3*5H,1H2,(H,3,4). The van der Waals surface area contributed by atoms with Crippen molar-refractivity contribution in [3.8, 4) is 0 Å². The zero-order valence-corrected chi connectivity index (χ0v) is 15.7. The van der Waals surface area contributed by atoms with E-state index in [1.165, 1.54) is 0 Å². The fraction of sp³-hybridized carbons (Fsp3) is 0.750. The fourth-order valence-corrected chi connectivity index (χ4v) is 0.692. The molecule has 9 nitrogen and oxygen atoms in total. The third-order valence-corrected chi connectivity index (χ3v) is 2.55. The Labute approximate surface area is 156 Å². The normalized spacial score (nSPS) is 8.62. The number of hydrogen-bond donors (Lipinski definition) is 9. The van der Waals surface area contributed by atoms with Crippen molar-refractivity contribution in [1.29, 1.82) is 0 Å². The second-order valence-corrected chi connectivity index (χ2v) is 4.68. The summed E-state index contributed by atoms with van der Waals surface area (Å²) in [5.41, 5.74) is 0. The third-order valence-electron chi connectivity index (χ3n) is 1.74. The Morgan fingerprint density at radius 1 is 0.667 bits per heavy atom. The van der Waals surface area contributed by atoms with Crippen molar-refractivity contribution in [3.05, 3.63) is 0 Å². The van der Waals surface area contributed by atoms with Crippen LogP contribution in [0, 0.1) is 5.92 Å². The smallest absolute Gasteiger partial charge is 0.313 e. The highest BCUT2D eigenvalue weighted by atomic mass is 32.1. The quantitative estimate of drug-likeness (QED) is 0.236. The van der Waals surface area contributed by atoms with Crippen LogP contribution in [0.3, 0.4) is 0 Å². The van der Waals surface area contributed by atoms with Gasteiger partial charge < -0.3 is 30.6 Å². The van der Waals surface area contributed by atoms with Gasteiger partial charge in [-0.15, -0.1) is 0 Å². The van der Waals surface area contributed by atoms with E-state index >= 15 is 0 Å². The molecule has 0 fully saturated rings.